The molecule has 0 unspecified atom stereocenters. The van der Waals surface area contributed by atoms with E-state index in [1.807, 2.05) is 6.07 Å². The summed E-state index contributed by atoms with van der Waals surface area (Å²) in [5.41, 5.74) is 1.80. The molecule has 0 aliphatic heterocycles. The minimum atomic E-state index is -0.260. The van der Waals surface area contributed by atoms with Crippen molar-refractivity contribution in [3.05, 3.63) is 58.8 Å². The number of Topliss-reactive ketones (excluding diaryl/α,β-unsaturated/α-hetero) is 1. The van der Waals surface area contributed by atoms with Gasteiger partial charge in [0.1, 0.15) is 11.6 Å². The molecular formula is C14H13FO2. The molecule has 0 aliphatic rings. The SMILES string of the molecule is CC(=O)c1oc(C)cc1Cc1ccc(F)cc1. The first-order chi connectivity index (χ1) is 8.06. The van der Waals surface area contributed by atoms with Crippen LogP contribution in [0.4, 0.5) is 4.39 Å². The Labute approximate surface area is 99.1 Å². The topological polar surface area (TPSA) is 30.2 Å². The normalized spacial score (nSPS) is 10.5. The van der Waals surface area contributed by atoms with Crippen molar-refractivity contribution in [1.82, 2.24) is 0 Å². The molecule has 0 saturated heterocycles. The minimum Gasteiger partial charge on any atom is -0.458 e. The van der Waals surface area contributed by atoms with Crippen molar-refractivity contribution in [3.63, 3.8) is 0 Å². The number of hydrogen-bond acceptors (Lipinski definition) is 2. The van der Waals surface area contributed by atoms with Crippen LogP contribution in [0.15, 0.2) is 34.7 Å². The molecule has 1 heterocycles. The van der Waals surface area contributed by atoms with Gasteiger partial charge in [0.2, 0.25) is 0 Å². The summed E-state index contributed by atoms with van der Waals surface area (Å²) in [4.78, 5) is 11.4. The summed E-state index contributed by atoms with van der Waals surface area (Å²) in [6, 6.07) is 8.09. The fourth-order valence-electron chi connectivity index (χ4n) is 1.82. The fraction of sp³-hybridized carbons (Fsp3) is 0.214. The number of carbonyl (C=O) groups is 1. The summed E-state index contributed by atoms with van der Waals surface area (Å²) in [7, 11) is 0. The van der Waals surface area contributed by atoms with E-state index < -0.39 is 0 Å². The smallest absolute Gasteiger partial charge is 0.195 e. The molecule has 0 aliphatic carbocycles. The summed E-state index contributed by atoms with van der Waals surface area (Å²) in [6.45, 7) is 3.28. The van der Waals surface area contributed by atoms with Gasteiger partial charge in [-0.05, 0) is 30.7 Å². The Bertz CT molecular complexity index is 538. The van der Waals surface area contributed by atoms with Crippen LogP contribution in [0.5, 0.6) is 0 Å². The molecule has 0 bridgehead atoms. The average molecular weight is 232 g/mol. The predicted octanol–water partition coefficient (Wildman–Crippen LogP) is 3.52. The van der Waals surface area contributed by atoms with Gasteiger partial charge in [-0.1, -0.05) is 12.1 Å². The molecule has 2 rings (SSSR count). The van der Waals surface area contributed by atoms with Crippen molar-refractivity contribution in [2.45, 2.75) is 20.3 Å². The van der Waals surface area contributed by atoms with Crippen molar-refractivity contribution in [1.29, 1.82) is 0 Å². The van der Waals surface area contributed by atoms with E-state index >= 15 is 0 Å². The Morgan fingerprint density at radius 1 is 1.29 bits per heavy atom. The summed E-state index contributed by atoms with van der Waals surface area (Å²) >= 11 is 0. The van der Waals surface area contributed by atoms with E-state index in [1.54, 1.807) is 19.1 Å². The Kier molecular flexibility index (Phi) is 3.09. The average Bonchev–Trinajstić information content (AvgIpc) is 2.63. The van der Waals surface area contributed by atoms with Gasteiger partial charge < -0.3 is 4.42 Å². The van der Waals surface area contributed by atoms with E-state index in [1.165, 1.54) is 19.1 Å². The lowest BCUT2D eigenvalue weighted by Crippen LogP contribution is -1.96. The molecular weight excluding hydrogens is 219 g/mol. The van der Waals surface area contributed by atoms with Crippen LogP contribution < -0.4 is 0 Å². The Hall–Kier alpha value is -1.90. The van der Waals surface area contributed by atoms with Gasteiger partial charge in [-0.2, -0.15) is 0 Å². The molecule has 1 aromatic heterocycles. The van der Waals surface area contributed by atoms with Gasteiger partial charge >= 0.3 is 0 Å². The van der Waals surface area contributed by atoms with E-state index in [0.717, 1.165) is 11.1 Å². The van der Waals surface area contributed by atoms with Gasteiger partial charge in [0.25, 0.3) is 0 Å². The van der Waals surface area contributed by atoms with Crippen LogP contribution in [0, 0.1) is 12.7 Å². The molecule has 0 saturated carbocycles. The highest BCUT2D eigenvalue weighted by Gasteiger charge is 2.13. The van der Waals surface area contributed by atoms with Gasteiger partial charge in [-0.15, -0.1) is 0 Å². The van der Waals surface area contributed by atoms with E-state index in [-0.39, 0.29) is 11.6 Å². The lowest BCUT2D eigenvalue weighted by atomic mass is 10.0. The van der Waals surface area contributed by atoms with Crippen molar-refractivity contribution in [2.75, 3.05) is 0 Å². The molecule has 2 nitrogen and oxygen atoms in total. The number of rotatable bonds is 3. The summed E-state index contributed by atoms with van der Waals surface area (Å²) in [5.74, 6) is 0.762. The maximum atomic E-state index is 12.8. The summed E-state index contributed by atoms with van der Waals surface area (Å²) in [6.07, 6.45) is 0.576. The second kappa shape index (κ2) is 4.53. The monoisotopic (exact) mass is 232 g/mol. The molecule has 0 fully saturated rings. The lowest BCUT2D eigenvalue weighted by molar-refractivity contribution is 0.0985. The van der Waals surface area contributed by atoms with Gasteiger partial charge in [0.15, 0.2) is 11.5 Å². The zero-order valence-corrected chi connectivity index (χ0v) is 9.79. The number of carbonyl (C=O) groups excluding carboxylic acids is 1. The number of halogens is 1. The molecule has 88 valence electrons. The maximum Gasteiger partial charge on any atom is 0.195 e. The Morgan fingerprint density at radius 2 is 1.94 bits per heavy atom. The zero-order valence-electron chi connectivity index (χ0n) is 9.79. The number of benzene rings is 1. The number of ketones is 1. The molecule has 0 amide bonds. The molecule has 0 N–H and O–H groups in total. The van der Waals surface area contributed by atoms with Crippen molar-refractivity contribution in [2.24, 2.45) is 0 Å². The van der Waals surface area contributed by atoms with Crippen LogP contribution in [0.25, 0.3) is 0 Å². The summed E-state index contributed by atoms with van der Waals surface area (Å²) in [5, 5.41) is 0. The number of furan rings is 1. The van der Waals surface area contributed by atoms with E-state index in [4.69, 9.17) is 4.42 Å². The number of hydrogen-bond donors (Lipinski definition) is 0. The highest BCUT2D eigenvalue weighted by Crippen LogP contribution is 2.19. The number of aryl methyl sites for hydroxylation is 1. The van der Waals surface area contributed by atoms with Crippen LogP contribution in [0.2, 0.25) is 0 Å². The quantitative estimate of drug-likeness (QED) is 0.758. The first kappa shape index (κ1) is 11.6. The molecule has 0 spiro atoms. The van der Waals surface area contributed by atoms with Crippen LogP contribution in [-0.2, 0) is 6.42 Å². The second-order valence-corrected chi connectivity index (χ2v) is 4.07. The second-order valence-electron chi connectivity index (χ2n) is 4.07. The van der Waals surface area contributed by atoms with Gasteiger partial charge in [-0.25, -0.2) is 4.39 Å². The molecule has 0 radical (unpaired) electrons. The molecule has 17 heavy (non-hydrogen) atoms. The third-order valence-corrected chi connectivity index (χ3v) is 2.56. The van der Waals surface area contributed by atoms with E-state index in [2.05, 4.69) is 0 Å². The highest BCUT2D eigenvalue weighted by atomic mass is 19.1. The largest absolute Gasteiger partial charge is 0.458 e. The standard InChI is InChI=1S/C14H13FO2/c1-9-7-12(14(17-9)10(2)16)8-11-3-5-13(15)6-4-11/h3-7H,8H2,1-2H3. The van der Waals surface area contributed by atoms with Gasteiger partial charge in [-0.3, -0.25) is 4.79 Å². The van der Waals surface area contributed by atoms with E-state index in [9.17, 15) is 9.18 Å². The molecule has 2 aromatic rings. The zero-order chi connectivity index (χ0) is 12.4. The first-order valence-corrected chi connectivity index (χ1v) is 5.41. The van der Waals surface area contributed by atoms with Gasteiger partial charge in [0.05, 0.1) is 0 Å². The van der Waals surface area contributed by atoms with Crippen molar-refractivity contribution < 1.29 is 13.6 Å². The minimum absolute atomic E-state index is 0.0878. The van der Waals surface area contributed by atoms with Gasteiger partial charge in [0, 0.05) is 18.9 Å². The highest BCUT2D eigenvalue weighted by molar-refractivity contribution is 5.92. The maximum absolute atomic E-state index is 12.8. The molecule has 3 heteroatoms. The molecule has 0 atom stereocenters. The molecule has 1 aromatic carbocycles. The van der Waals surface area contributed by atoms with Crippen LogP contribution in [0.1, 0.15) is 34.4 Å². The predicted molar refractivity (Wildman–Crippen MR) is 62.7 cm³/mol. The first-order valence-electron chi connectivity index (χ1n) is 5.41. The van der Waals surface area contributed by atoms with Crippen LogP contribution in [0.3, 0.4) is 0 Å². The van der Waals surface area contributed by atoms with Crippen LogP contribution in [-0.4, -0.2) is 5.78 Å². The van der Waals surface area contributed by atoms with Crippen LogP contribution >= 0.6 is 0 Å². The Balaban J connectivity index is 2.29. The summed E-state index contributed by atoms with van der Waals surface area (Å²) < 4.78 is 18.1. The third-order valence-electron chi connectivity index (χ3n) is 2.56. The fourth-order valence-corrected chi connectivity index (χ4v) is 1.82. The van der Waals surface area contributed by atoms with E-state index in [0.29, 0.717) is 17.9 Å². The van der Waals surface area contributed by atoms with Crippen molar-refractivity contribution in [3.8, 4) is 0 Å². The third kappa shape index (κ3) is 2.61. The lowest BCUT2D eigenvalue weighted by Gasteiger charge is -2.00. The Morgan fingerprint density at radius 3 is 2.53 bits per heavy atom. The van der Waals surface area contributed by atoms with Crippen molar-refractivity contribution >= 4 is 5.78 Å².